The fraction of sp³-hybridized carbons (Fsp3) is 0.560. The molecule has 2 saturated heterocycles. The maximum Gasteiger partial charge on any atom is 0.338 e. The molecule has 2 amide bonds. The van der Waals surface area contributed by atoms with Crippen LogP contribution in [0, 0.1) is 5.92 Å². The number of nitrogens with zero attached hydrogens (tertiary/aromatic N) is 2. The number of nitrogens with one attached hydrogen (secondary N) is 1. The molecule has 180 valence electrons. The number of carbonyl (C=O) groups excluding carboxylic acids is 3. The summed E-state index contributed by atoms with van der Waals surface area (Å²) in [5, 5.41) is 2.81. The minimum atomic E-state index is -0.875. The fourth-order valence-corrected chi connectivity index (χ4v) is 3.94. The van der Waals surface area contributed by atoms with Crippen LogP contribution in [0.15, 0.2) is 36.4 Å². The Morgan fingerprint density at radius 3 is 2.45 bits per heavy atom. The molecule has 0 radical (unpaired) electrons. The van der Waals surface area contributed by atoms with Gasteiger partial charge in [0, 0.05) is 32.7 Å². The van der Waals surface area contributed by atoms with E-state index in [4.69, 9.17) is 9.47 Å². The van der Waals surface area contributed by atoms with Crippen molar-refractivity contribution in [2.75, 3.05) is 39.3 Å². The molecular weight excluding hydrogens is 422 g/mol. The summed E-state index contributed by atoms with van der Waals surface area (Å²) in [5.41, 5.74) is 1.17. The molecule has 0 aliphatic carbocycles. The molecule has 1 aromatic carbocycles. The molecule has 2 fully saturated rings. The second-order valence-electron chi connectivity index (χ2n) is 8.86. The number of piperazine rings is 1. The molecule has 0 spiro atoms. The maximum atomic E-state index is 13.2. The van der Waals surface area contributed by atoms with Gasteiger partial charge in [-0.25, -0.2) is 4.79 Å². The number of hydrogen-bond acceptors (Lipinski definition) is 6. The lowest BCUT2D eigenvalue weighted by molar-refractivity contribution is -0.144. The van der Waals surface area contributed by atoms with Gasteiger partial charge in [-0.3, -0.25) is 14.5 Å². The molecule has 0 bridgehead atoms. The van der Waals surface area contributed by atoms with Crippen molar-refractivity contribution >= 4 is 23.9 Å². The van der Waals surface area contributed by atoms with Crippen LogP contribution in [-0.4, -0.2) is 85.2 Å². The summed E-state index contributed by atoms with van der Waals surface area (Å²) in [4.78, 5) is 41.6. The summed E-state index contributed by atoms with van der Waals surface area (Å²) in [5.74, 6) is -0.826. The first-order valence-electron chi connectivity index (χ1n) is 11.7. The zero-order chi connectivity index (χ0) is 23.8. The summed E-state index contributed by atoms with van der Waals surface area (Å²) >= 11 is 0. The Morgan fingerprint density at radius 1 is 1.12 bits per heavy atom. The van der Waals surface area contributed by atoms with Crippen LogP contribution in [0.25, 0.3) is 6.08 Å². The Balaban J connectivity index is 1.48. The van der Waals surface area contributed by atoms with E-state index in [1.165, 1.54) is 5.56 Å². The van der Waals surface area contributed by atoms with Crippen molar-refractivity contribution in [3.63, 3.8) is 0 Å². The largest absolute Gasteiger partial charge is 0.464 e. The zero-order valence-corrected chi connectivity index (χ0v) is 19.7. The van der Waals surface area contributed by atoms with E-state index >= 15 is 0 Å². The van der Waals surface area contributed by atoms with E-state index in [1.54, 1.807) is 6.92 Å². The quantitative estimate of drug-likeness (QED) is 0.425. The van der Waals surface area contributed by atoms with E-state index in [1.807, 2.05) is 36.9 Å². The molecular formula is C25H35N3O5. The average molecular weight is 458 g/mol. The average Bonchev–Trinajstić information content (AvgIpc) is 3.61. The van der Waals surface area contributed by atoms with Gasteiger partial charge in [-0.1, -0.05) is 56.3 Å². The van der Waals surface area contributed by atoms with E-state index in [2.05, 4.69) is 34.5 Å². The van der Waals surface area contributed by atoms with Gasteiger partial charge >= 0.3 is 5.97 Å². The molecule has 2 aliphatic rings. The van der Waals surface area contributed by atoms with Gasteiger partial charge in [-0.15, -0.1) is 0 Å². The van der Waals surface area contributed by atoms with Gasteiger partial charge in [0.05, 0.1) is 6.61 Å². The molecule has 1 aromatic rings. The van der Waals surface area contributed by atoms with E-state index in [0.29, 0.717) is 19.5 Å². The molecule has 1 N–H and O–H groups in total. The number of ether oxygens (including phenoxy) is 2. The van der Waals surface area contributed by atoms with E-state index < -0.39 is 30.1 Å². The first kappa shape index (κ1) is 24.9. The highest BCUT2D eigenvalue weighted by atomic mass is 16.6. The number of hydrogen-bond donors (Lipinski definition) is 1. The normalized spacial score (nSPS) is 21.8. The van der Waals surface area contributed by atoms with E-state index in [0.717, 1.165) is 19.6 Å². The minimum Gasteiger partial charge on any atom is -0.464 e. The lowest BCUT2D eigenvalue weighted by Gasteiger charge is -2.36. The van der Waals surface area contributed by atoms with Crippen molar-refractivity contribution in [2.45, 2.75) is 45.4 Å². The van der Waals surface area contributed by atoms with Crippen LogP contribution >= 0.6 is 0 Å². The molecule has 3 rings (SSSR count). The standard InChI is InChI=1S/C25H35N3O5/c1-4-32-25(31)22-21(33-22)23(29)26-20(17-18(2)3)24(30)28-15-13-27(14-16-28)12-8-11-19-9-6-5-7-10-19/h5-11,18,20-22H,4,12-17H2,1-3H3,(H,26,29). The lowest BCUT2D eigenvalue weighted by Crippen LogP contribution is -2.55. The molecule has 8 heteroatoms. The third-order valence-corrected chi connectivity index (χ3v) is 5.75. The lowest BCUT2D eigenvalue weighted by atomic mass is 10.0. The Hall–Kier alpha value is -2.71. The number of esters is 1. The zero-order valence-electron chi connectivity index (χ0n) is 19.7. The van der Waals surface area contributed by atoms with Crippen molar-refractivity contribution < 1.29 is 23.9 Å². The van der Waals surface area contributed by atoms with Gasteiger partial charge in [-0.05, 0) is 24.8 Å². The van der Waals surface area contributed by atoms with Gasteiger partial charge in [-0.2, -0.15) is 0 Å². The van der Waals surface area contributed by atoms with Crippen LogP contribution in [0.3, 0.4) is 0 Å². The Kier molecular flexibility index (Phi) is 9.03. The smallest absolute Gasteiger partial charge is 0.338 e. The van der Waals surface area contributed by atoms with Crippen molar-refractivity contribution in [1.29, 1.82) is 0 Å². The Labute approximate surface area is 195 Å². The molecule has 3 atom stereocenters. The summed E-state index contributed by atoms with van der Waals surface area (Å²) in [7, 11) is 0. The molecule has 3 unspecified atom stereocenters. The van der Waals surface area contributed by atoms with Crippen LogP contribution in [-0.2, 0) is 23.9 Å². The predicted molar refractivity (Wildman–Crippen MR) is 125 cm³/mol. The highest BCUT2D eigenvalue weighted by Gasteiger charge is 2.52. The number of carbonyl (C=O) groups is 3. The summed E-state index contributed by atoms with van der Waals surface area (Å²) < 4.78 is 10.1. The topological polar surface area (TPSA) is 91.5 Å². The molecule has 0 aromatic heterocycles. The van der Waals surface area contributed by atoms with E-state index in [9.17, 15) is 14.4 Å². The summed E-state index contributed by atoms with van der Waals surface area (Å²) in [6, 6.07) is 9.54. The van der Waals surface area contributed by atoms with Crippen LogP contribution in [0.5, 0.6) is 0 Å². The Bertz CT molecular complexity index is 834. The SMILES string of the molecule is CCOC(=O)C1OC1C(=O)NC(CC(C)C)C(=O)N1CCN(CC=Cc2ccccc2)CC1. The van der Waals surface area contributed by atoms with Crippen molar-refractivity contribution in [2.24, 2.45) is 5.92 Å². The van der Waals surface area contributed by atoms with Crippen LogP contribution in [0.4, 0.5) is 0 Å². The Morgan fingerprint density at radius 2 is 1.82 bits per heavy atom. The third kappa shape index (κ3) is 7.40. The number of rotatable bonds is 10. The third-order valence-electron chi connectivity index (χ3n) is 5.75. The predicted octanol–water partition coefficient (Wildman–Crippen LogP) is 1.71. The second-order valence-corrected chi connectivity index (χ2v) is 8.86. The van der Waals surface area contributed by atoms with Gasteiger partial charge in [0.2, 0.25) is 5.91 Å². The number of epoxide rings is 1. The van der Waals surface area contributed by atoms with Gasteiger partial charge in [0.15, 0.2) is 12.2 Å². The molecule has 2 heterocycles. The van der Waals surface area contributed by atoms with Crippen molar-refractivity contribution in [3.05, 3.63) is 42.0 Å². The molecule has 0 saturated carbocycles. The first-order chi connectivity index (χ1) is 15.9. The van der Waals surface area contributed by atoms with Gasteiger partial charge in [0.1, 0.15) is 6.04 Å². The first-order valence-corrected chi connectivity index (χ1v) is 11.7. The molecule has 2 aliphatic heterocycles. The number of benzene rings is 1. The van der Waals surface area contributed by atoms with Crippen molar-refractivity contribution in [1.82, 2.24) is 15.1 Å². The van der Waals surface area contributed by atoms with Crippen LogP contribution in [0.2, 0.25) is 0 Å². The highest BCUT2D eigenvalue weighted by Crippen LogP contribution is 2.24. The highest BCUT2D eigenvalue weighted by molar-refractivity contribution is 5.95. The molecule has 8 nitrogen and oxygen atoms in total. The minimum absolute atomic E-state index is 0.0788. The van der Waals surface area contributed by atoms with Gasteiger partial charge < -0.3 is 19.7 Å². The second kappa shape index (κ2) is 12.0. The maximum absolute atomic E-state index is 13.2. The molecule has 33 heavy (non-hydrogen) atoms. The summed E-state index contributed by atoms with van der Waals surface area (Å²) in [6.07, 6.45) is 3.04. The van der Waals surface area contributed by atoms with Crippen LogP contribution < -0.4 is 5.32 Å². The van der Waals surface area contributed by atoms with Gasteiger partial charge in [0.25, 0.3) is 5.91 Å². The number of amides is 2. The monoisotopic (exact) mass is 457 g/mol. The summed E-state index contributed by atoms with van der Waals surface area (Å²) in [6.45, 7) is 9.59. The van der Waals surface area contributed by atoms with Crippen LogP contribution in [0.1, 0.15) is 32.8 Å². The van der Waals surface area contributed by atoms with E-state index in [-0.39, 0.29) is 18.4 Å². The van der Waals surface area contributed by atoms with Crippen molar-refractivity contribution in [3.8, 4) is 0 Å². The fourth-order valence-electron chi connectivity index (χ4n) is 3.94.